The molecule has 0 saturated heterocycles. The number of ether oxygens (including phenoxy) is 1. The molecule has 1 heterocycles. The Kier molecular flexibility index (Phi) is 6.40. The molecular weight excluding hydrogens is 332 g/mol. The van der Waals surface area contributed by atoms with E-state index in [-0.39, 0.29) is 25.1 Å². The smallest absolute Gasteiger partial charge is 0.326 e. The topological polar surface area (TPSA) is 97.6 Å². The molecule has 20 heavy (non-hydrogen) atoms. The molecule has 1 aromatic heterocycles. The van der Waals surface area contributed by atoms with Crippen molar-refractivity contribution in [3.63, 3.8) is 0 Å². The number of nitrogens with zero attached hydrogens (tertiary/aromatic N) is 1. The van der Waals surface area contributed by atoms with E-state index < -0.39 is 17.9 Å². The summed E-state index contributed by atoms with van der Waals surface area (Å²) in [6.07, 6.45) is 1.62. The molecule has 1 atom stereocenters. The minimum Gasteiger partial charge on any atom is -0.480 e. The van der Waals surface area contributed by atoms with Gasteiger partial charge in [-0.25, -0.2) is 4.79 Å². The van der Waals surface area contributed by atoms with Crippen LogP contribution in [0.5, 0.6) is 0 Å². The van der Waals surface area contributed by atoms with Crippen LogP contribution in [0.2, 0.25) is 0 Å². The Morgan fingerprint density at radius 2 is 2.20 bits per heavy atom. The highest BCUT2D eigenvalue weighted by Gasteiger charge is 2.19. The van der Waals surface area contributed by atoms with E-state index in [9.17, 15) is 14.4 Å². The maximum absolute atomic E-state index is 11.8. The highest BCUT2D eigenvalue weighted by atomic mass is 79.9. The maximum atomic E-state index is 11.8. The fourth-order valence-corrected chi connectivity index (χ4v) is 1.89. The van der Waals surface area contributed by atoms with E-state index in [1.54, 1.807) is 6.07 Å². The van der Waals surface area contributed by atoms with Crippen LogP contribution in [0.15, 0.2) is 27.6 Å². The number of hydrogen-bond acceptors (Lipinski definition) is 4. The normalized spacial score (nSPS) is 11.9. The Labute approximate surface area is 123 Å². The van der Waals surface area contributed by atoms with Gasteiger partial charge in [0.15, 0.2) is 0 Å². The Balaban J connectivity index is 2.68. The summed E-state index contributed by atoms with van der Waals surface area (Å²) < 4.78 is 6.62. The number of pyridine rings is 1. The van der Waals surface area contributed by atoms with Gasteiger partial charge < -0.3 is 19.7 Å². The summed E-state index contributed by atoms with van der Waals surface area (Å²) in [6.45, 7) is -0.0247. The predicted molar refractivity (Wildman–Crippen MR) is 74.5 cm³/mol. The molecule has 0 fully saturated rings. The van der Waals surface area contributed by atoms with Gasteiger partial charge in [-0.1, -0.05) is 0 Å². The van der Waals surface area contributed by atoms with Crippen molar-refractivity contribution >= 4 is 27.8 Å². The van der Waals surface area contributed by atoms with Gasteiger partial charge >= 0.3 is 5.97 Å². The third-order valence-corrected chi connectivity index (χ3v) is 2.97. The fraction of sp³-hybridized carbons (Fsp3) is 0.417. The fourth-order valence-electron chi connectivity index (χ4n) is 1.51. The van der Waals surface area contributed by atoms with Crippen molar-refractivity contribution in [2.75, 3.05) is 13.7 Å². The molecule has 1 aromatic rings. The first-order chi connectivity index (χ1) is 9.43. The van der Waals surface area contributed by atoms with E-state index >= 15 is 0 Å². The van der Waals surface area contributed by atoms with Crippen molar-refractivity contribution < 1.29 is 19.4 Å². The second-order valence-electron chi connectivity index (χ2n) is 4.05. The number of nitrogens with one attached hydrogen (secondary N) is 1. The van der Waals surface area contributed by atoms with Gasteiger partial charge in [0.25, 0.3) is 5.56 Å². The Bertz CT molecular complexity index is 543. The zero-order chi connectivity index (χ0) is 15.1. The van der Waals surface area contributed by atoms with E-state index in [2.05, 4.69) is 21.2 Å². The second kappa shape index (κ2) is 7.81. The summed E-state index contributed by atoms with van der Waals surface area (Å²) in [6, 6.07) is 1.84. The van der Waals surface area contributed by atoms with Crippen LogP contribution in [0.25, 0.3) is 0 Å². The van der Waals surface area contributed by atoms with Crippen LogP contribution >= 0.6 is 15.9 Å². The average Bonchev–Trinajstić information content (AvgIpc) is 2.38. The lowest BCUT2D eigenvalue weighted by Crippen LogP contribution is -2.43. The van der Waals surface area contributed by atoms with E-state index in [0.29, 0.717) is 4.47 Å². The van der Waals surface area contributed by atoms with Crippen LogP contribution in [0, 0.1) is 0 Å². The molecular formula is C12H15BrN2O5. The molecule has 0 spiro atoms. The van der Waals surface area contributed by atoms with Crippen molar-refractivity contribution in [3.05, 3.63) is 33.2 Å². The first-order valence-electron chi connectivity index (χ1n) is 5.81. The molecule has 1 amide bonds. The largest absolute Gasteiger partial charge is 0.480 e. The molecule has 1 unspecified atom stereocenters. The summed E-state index contributed by atoms with van der Waals surface area (Å²) in [5.74, 6) is -1.69. The Morgan fingerprint density at radius 3 is 2.80 bits per heavy atom. The lowest BCUT2D eigenvalue weighted by molar-refractivity contribution is -0.142. The third-order valence-electron chi connectivity index (χ3n) is 2.51. The number of hydrogen-bond donors (Lipinski definition) is 2. The summed E-state index contributed by atoms with van der Waals surface area (Å²) in [7, 11) is 1.45. The number of carbonyl (C=O) groups is 2. The van der Waals surface area contributed by atoms with Crippen LogP contribution < -0.4 is 10.9 Å². The van der Waals surface area contributed by atoms with Crippen LogP contribution in [-0.4, -0.2) is 41.3 Å². The minimum absolute atomic E-state index is 0.158. The van der Waals surface area contributed by atoms with Gasteiger partial charge in [-0.3, -0.25) is 9.59 Å². The molecule has 1 rings (SSSR count). The second-order valence-corrected chi connectivity index (χ2v) is 4.97. The van der Waals surface area contributed by atoms with Crippen molar-refractivity contribution in [1.29, 1.82) is 0 Å². The van der Waals surface area contributed by atoms with Crippen molar-refractivity contribution in [2.24, 2.45) is 0 Å². The summed E-state index contributed by atoms with van der Waals surface area (Å²) >= 11 is 3.19. The first-order valence-corrected chi connectivity index (χ1v) is 6.60. The number of halogens is 1. The van der Waals surface area contributed by atoms with Gasteiger partial charge in [-0.15, -0.1) is 0 Å². The number of rotatable bonds is 7. The van der Waals surface area contributed by atoms with Crippen molar-refractivity contribution in [1.82, 2.24) is 9.88 Å². The molecule has 8 heteroatoms. The number of carboxylic acids is 1. The number of aliphatic carboxylic acids is 1. The average molecular weight is 347 g/mol. The summed E-state index contributed by atoms with van der Waals surface area (Å²) in [5.41, 5.74) is -0.341. The molecule has 7 nitrogen and oxygen atoms in total. The molecule has 0 aliphatic rings. The van der Waals surface area contributed by atoms with Crippen LogP contribution in [0.3, 0.4) is 0 Å². The van der Waals surface area contributed by atoms with Crippen LogP contribution in [0.4, 0.5) is 0 Å². The van der Waals surface area contributed by atoms with Crippen LogP contribution in [-0.2, 0) is 20.9 Å². The molecule has 0 bridgehead atoms. The zero-order valence-corrected chi connectivity index (χ0v) is 12.4. The predicted octanol–water partition coefficient (Wildman–Crippen LogP) is 0.217. The lowest BCUT2D eigenvalue weighted by atomic mass is 10.2. The van der Waals surface area contributed by atoms with E-state index in [0.717, 1.165) is 0 Å². The van der Waals surface area contributed by atoms with Gasteiger partial charge in [0.05, 0.1) is 0 Å². The van der Waals surface area contributed by atoms with Crippen LogP contribution in [0.1, 0.15) is 6.42 Å². The number of amides is 1. The maximum Gasteiger partial charge on any atom is 0.326 e. The highest BCUT2D eigenvalue weighted by molar-refractivity contribution is 9.10. The van der Waals surface area contributed by atoms with Gasteiger partial charge in [0, 0.05) is 36.9 Å². The van der Waals surface area contributed by atoms with E-state index in [1.165, 1.54) is 23.9 Å². The molecule has 0 radical (unpaired) electrons. The Hall–Kier alpha value is -1.67. The first kappa shape index (κ1) is 16.4. The molecule has 0 saturated carbocycles. The molecule has 110 valence electrons. The number of aromatic nitrogens is 1. The van der Waals surface area contributed by atoms with Gasteiger partial charge in [-0.05, 0) is 22.0 Å². The van der Waals surface area contributed by atoms with Crippen molar-refractivity contribution in [3.8, 4) is 0 Å². The summed E-state index contributed by atoms with van der Waals surface area (Å²) in [5, 5.41) is 11.3. The minimum atomic E-state index is -1.14. The van der Waals surface area contributed by atoms with Gasteiger partial charge in [0.2, 0.25) is 5.91 Å². The van der Waals surface area contributed by atoms with Gasteiger partial charge in [0.1, 0.15) is 12.6 Å². The SMILES string of the molecule is COCCC(NC(=O)Cn1cc(Br)ccc1=O)C(=O)O. The van der Waals surface area contributed by atoms with E-state index in [4.69, 9.17) is 9.84 Å². The number of carboxylic acid groups (broad SMARTS) is 1. The quantitative estimate of drug-likeness (QED) is 0.735. The molecule has 0 aliphatic heterocycles. The standard InChI is InChI=1S/C12H15BrN2O5/c1-20-5-4-9(12(18)19)14-10(16)7-15-6-8(13)2-3-11(15)17/h2-3,6,9H,4-5,7H2,1H3,(H,14,16)(H,18,19). The Morgan fingerprint density at radius 1 is 1.50 bits per heavy atom. The summed E-state index contributed by atoms with van der Waals surface area (Å²) in [4.78, 5) is 34.3. The third kappa shape index (κ3) is 5.14. The molecule has 2 N–H and O–H groups in total. The van der Waals surface area contributed by atoms with E-state index in [1.807, 2.05) is 0 Å². The zero-order valence-electron chi connectivity index (χ0n) is 10.8. The monoisotopic (exact) mass is 346 g/mol. The number of methoxy groups -OCH3 is 1. The van der Waals surface area contributed by atoms with Gasteiger partial charge in [-0.2, -0.15) is 0 Å². The lowest BCUT2D eigenvalue weighted by Gasteiger charge is -2.14. The highest BCUT2D eigenvalue weighted by Crippen LogP contribution is 2.04. The van der Waals surface area contributed by atoms with Crippen molar-refractivity contribution in [2.45, 2.75) is 19.0 Å². The molecule has 0 aromatic carbocycles. The number of carbonyl (C=O) groups excluding carboxylic acids is 1. The molecule has 0 aliphatic carbocycles.